The Bertz CT molecular complexity index is 223. The fraction of sp³-hybridized carbons (Fsp3) is 0.941. The number of rotatable bonds is 15. The van der Waals surface area contributed by atoms with Gasteiger partial charge in [0.05, 0.1) is 20.3 Å². The van der Waals surface area contributed by atoms with Gasteiger partial charge >= 0.3 is 5.97 Å². The van der Waals surface area contributed by atoms with Crippen LogP contribution in [-0.4, -0.2) is 49.6 Å². The summed E-state index contributed by atoms with van der Waals surface area (Å²) in [5, 5.41) is 19.1. The molecule has 3 N–H and O–H groups in total. The minimum Gasteiger partial charge on any atom is -0.395 e. The third kappa shape index (κ3) is 26.5. The molecule has 0 fully saturated rings. The molecule has 6 nitrogen and oxygen atoms in total. The summed E-state index contributed by atoms with van der Waals surface area (Å²) in [6, 6.07) is 0. The zero-order valence-electron chi connectivity index (χ0n) is 15.0. The molecule has 0 radical (unpaired) electrons. The third-order valence-corrected chi connectivity index (χ3v) is 3.24. The van der Waals surface area contributed by atoms with Gasteiger partial charge in [-0.15, -0.1) is 0 Å². The molecule has 0 saturated heterocycles. The lowest BCUT2D eigenvalue weighted by Crippen LogP contribution is -2.21. The van der Waals surface area contributed by atoms with Crippen molar-refractivity contribution in [1.82, 2.24) is 5.32 Å². The maximum absolute atomic E-state index is 10.9. The number of nitrogens with one attached hydrogen (secondary N) is 1. The molecule has 0 aliphatic heterocycles. The van der Waals surface area contributed by atoms with E-state index in [0.29, 0.717) is 19.5 Å². The number of aliphatic hydroxyl groups excluding tert-OH is 2. The molecular weight excluding hydrogens is 298 g/mol. The lowest BCUT2D eigenvalue weighted by atomic mass is 10.1. The Hall–Kier alpha value is -0.690. The van der Waals surface area contributed by atoms with E-state index < -0.39 is 0 Å². The van der Waals surface area contributed by atoms with E-state index in [-0.39, 0.29) is 19.2 Å². The van der Waals surface area contributed by atoms with Crippen LogP contribution in [0.4, 0.5) is 0 Å². The number of hydrogen-bond donors (Lipinski definition) is 3. The Morgan fingerprint density at radius 2 is 1.35 bits per heavy atom. The molecular formula is C17H37NO5. The Labute approximate surface area is 141 Å². The molecule has 0 aromatic rings. The van der Waals surface area contributed by atoms with E-state index in [0.717, 1.165) is 12.8 Å². The highest BCUT2D eigenvalue weighted by Crippen LogP contribution is 2.10. The Kier molecular flexibility index (Phi) is 25.2. The van der Waals surface area contributed by atoms with Gasteiger partial charge in [0.15, 0.2) is 0 Å². The Morgan fingerprint density at radius 3 is 1.78 bits per heavy atom. The highest BCUT2D eigenvalue weighted by atomic mass is 17.2. The van der Waals surface area contributed by atoms with Crippen LogP contribution in [0.1, 0.15) is 71.1 Å². The minimum absolute atomic E-state index is 0.139. The number of carbonyl (C=O) groups excluding carboxylic acids is 1. The van der Waals surface area contributed by atoms with Crippen molar-refractivity contribution < 1.29 is 24.8 Å². The van der Waals surface area contributed by atoms with E-state index in [1.54, 1.807) is 0 Å². The monoisotopic (exact) mass is 335 g/mol. The summed E-state index contributed by atoms with van der Waals surface area (Å²) < 4.78 is 0. The summed E-state index contributed by atoms with van der Waals surface area (Å²) in [6.45, 7) is 3.65. The lowest BCUT2D eigenvalue weighted by Gasteiger charge is -2.01. The molecule has 0 aliphatic carbocycles. The van der Waals surface area contributed by atoms with E-state index in [4.69, 9.17) is 10.2 Å². The summed E-state index contributed by atoms with van der Waals surface area (Å²) in [6.07, 6.45) is 11.8. The summed E-state index contributed by atoms with van der Waals surface area (Å²) >= 11 is 0. The Balaban J connectivity index is 0. The summed E-state index contributed by atoms with van der Waals surface area (Å²) in [7, 11) is 1.36. The van der Waals surface area contributed by atoms with Crippen LogP contribution in [0, 0.1) is 0 Å². The normalized spacial score (nSPS) is 10.1. The van der Waals surface area contributed by atoms with Gasteiger partial charge in [0.2, 0.25) is 0 Å². The van der Waals surface area contributed by atoms with Crippen LogP contribution in [-0.2, 0) is 14.6 Å². The molecule has 0 spiro atoms. The second-order valence-electron chi connectivity index (χ2n) is 5.40. The first-order valence-corrected chi connectivity index (χ1v) is 8.88. The van der Waals surface area contributed by atoms with Gasteiger partial charge in [0.1, 0.15) is 0 Å². The van der Waals surface area contributed by atoms with Gasteiger partial charge in [-0.3, -0.25) is 4.89 Å². The quantitative estimate of drug-likeness (QED) is 0.242. The van der Waals surface area contributed by atoms with Crippen molar-refractivity contribution >= 4 is 5.97 Å². The molecule has 0 aliphatic rings. The molecule has 0 aromatic carbocycles. The standard InChI is InChI=1S/C13H26O3.C4H11NO2/c1-3-4-5-6-7-8-9-10-11-12-13(14)16-15-2;6-3-1-5-2-4-7/h3-12H2,1-2H3;5-7H,1-4H2. The van der Waals surface area contributed by atoms with Gasteiger partial charge in [-0.1, -0.05) is 58.3 Å². The van der Waals surface area contributed by atoms with Crippen LogP contribution < -0.4 is 5.32 Å². The van der Waals surface area contributed by atoms with Crippen LogP contribution in [0.25, 0.3) is 0 Å². The van der Waals surface area contributed by atoms with Crippen molar-refractivity contribution in [3.05, 3.63) is 0 Å². The van der Waals surface area contributed by atoms with Gasteiger partial charge in [-0.25, -0.2) is 4.79 Å². The van der Waals surface area contributed by atoms with Gasteiger partial charge in [-0.05, 0) is 6.42 Å². The van der Waals surface area contributed by atoms with Gasteiger partial charge in [0.25, 0.3) is 0 Å². The van der Waals surface area contributed by atoms with E-state index >= 15 is 0 Å². The van der Waals surface area contributed by atoms with E-state index in [2.05, 4.69) is 22.0 Å². The largest absolute Gasteiger partial charge is 0.395 e. The second kappa shape index (κ2) is 23.6. The van der Waals surface area contributed by atoms with Crippen LogP contribution in [0.2, 0.25) is 0 Å². The highest BCUT2D eigenvalue weighted by Gasteiger charge is 2.01. The SMILES string of the molecule is CCCCCCCCCCCC(=O)OOC.OCCNCCO. The van der Waals surface area contributed by atoms with Gasteiger partial charge in [0, 0.05) is 19.5 Å². The van der Waals surface area contributed by atoms with Crippen molar-refractivity contribution in [2.75, 3.05) is 33.4 Å². The molecule has 0 atom stereocenters. The van der Waals surface area contributed by atoms with E-state index in [1.807, 2.05) is 0 Å². The van der Waals surface area contributed by atoms with Crippen molar-refractivity contribution in [3.63, 3.8) is 0 Å². The van der Waals surface area contributed by atoms with Crippen molar-refractivity contribution in [3.8, 4) is 0 Å². The molecule has 6 heteroatoms. The average Bonchev–Trinajstić information content (AvgIpc) is 2.55. The molecule has 0 bridgehead atoms. The van der Waals surface area contributed by atoms with Crippen molar-refractivity contribution in [1.29, 1.82) is 0 Å². The third-order valence-electron chi connectivity index (χ3n) is 3.24. The smallest absolute Gasteiger partial charge is 0.342 e. The molecule has 0 rings (SSSR count). The van der Waals surface area contributed by atoms with Gasteiger partial charge in [-0.2, -0.15) is 4.89 Å². The second-order valence-corrected chi connectivity index (χ2v) is 5.40. The van der Waals surface area contributed by atoms with Crippen LogP contribution in [0.3, 0.4) is 0 Å². The Morgan fingerprint density at radius 1 is 0.870 bits per heavy atom. The minimum atomic E-state index is -0.259. The van der Waals surface area contributed by atoms with Gasteiger partial charge < -0.3 is 15.5 Å². The van der Waals surface area contributed by atoms with Crippen molar-refractivity contribution in [2.45, 2.75) is 71.1 Å². The maximum atomic E-state index is 10.9. The maximum Gasteiger partial charge on any atom is 0.342 e. The van der Waals surface area contributed by atoms with Crippen molar-refractivity contribution in [2.24, 2.45) is 0 Å². The number of hydrogen-bond acceptors (Lipinski definition) is 6. The first-order chi connectivity index (χ1) is 11.2. The average molecular weight is 335 g/mol. The van der Waals surface area contributed by atoms with Crippen LogP contribution in [0.15, 0.2) is 0 Å². The first kappa shape index (κ1) is 24.6. The fourth-order valence-corrected chi connectivity index (χ4v) is 2.00. The summed E-state index contributed by atoms with van der Waals surface area (Å²) in [5.41, 5.74) is 0. The van der Waals surface area contributed by atoms with E-state index in [9.17, 15) is 4.79 Å². The molecule has 0 heterocycles. The van der Waals surface area contributed by atoms with Crippen LogP contribution in [0.5, 0.6) is 0 Å². The first-order valence-electron chi connectivity index (χ1n) is 8.88. The molecule has 0 aromatic heterocycles. The number of aliphatic hydroxyl groups is 2. The van der Waals surface area contributed by atoms with E-state index in [1.165, 1.54) is 52.1 Å². The number of unbranched alkanes of at least 4 members (excludes halogenated alkanes) is 8. The zero-order chi connectivity index (χ0) is 17.6. The summed E-state index contributed by atoms with van der Waals surface area (Å²) in [4.78, 5) is 19.6. The molecule has 0 amide bonds. The zero-order valence-corrected chi connectivity index (χ0v) is 15.0. The predicted molar refractivity (Wildman–Crippen MR) is 92.0 cm³/mol. The molecule has 0 saturated carbocycles. The highest BCUT2D eigenvalue weighted by molar-refractivity contribution is 5.68. The fourth-order valence-electron chi connectivity index (χ4n) is 2.00. The molecule has 0 unspecified atom stereocenters. The number of carbonyl (C=O) groups is 1. The molecule has 23 heavy (non-hydrogen) atoms. The summed E-state index contributed by atoms with van der Waals surface area (Å²) in [5.74, 6) is -0.259. The lowest BCUT2D eigenvalue weighted by molar-refractivity contribution is -0.255. The van der Waals surface area contributed by atoms with Crippen LogP contribution >= 0.6 is 0 Å². The topological polar surface area (TPSA) is 88.0 Å². The molecule has 140 valence electrons. The predicted octanol–water partition coefficient (Wildman–Crippen LogP) is 2.57.